The first-order valence-electron chi connectivity index (χ1n) is 10.7. The largest absolute Gasteiger partial charge is 0.337 e. The van der Waals surface area contributed by atoms with Gasteiger partial charge in [-0.2, -0.15) is 9.40 Å². The number of benzene rings is 2. The monoisotopic (exact) mass is 474 g/mol. The Morgan fingerprint density at radius 2 is 1.58 bits per heavy atom. The maximum atomic E-state index is 13.3. The first-order chi connectivity index (χ1) is 15.8. The van der Waals surface area contributed by atoms with Crippen molar-refractivity contribution in [2.45, 2.75) is 24.7 Å². The maximum Gasteiger partial charge on any atom is 0.257 e. The lowest BCUT2D eigenvalue weighted by molar-refractivity contribution is 0.0763. The fraction of sp³-hybridized carbons (Fsp3) is 0.304. The van der Waals surface area contributed by atoms with Gasteiger partial charge in [0.15, 0.2) is 0 Å². The summed E-state index contributed by atoms with van der Waals surface area (Å²) in [4.78, 5) is 15.0. The molecule has 10 heteroatoms. The van der Waals surface area contributed by atoms with Gasteiger partial charge in [0.05, 0.1) is 28.0 Å². The molecule has 0 spiro atoms. The number of carbonyl (C=O) groups is 1. The molecule has 1 saturated heterocycles. The van der Waals surface area contributed by atoms with Crippen molar-refractivity contribution in [3.05, 3.63) is 77.6 Å². The Balaban J connectivity index is 1.52. The first-order valence-corrected chi connectivity index (χ1v) is 12.1. The van der Waals surface area contributed by atoms with Crippen LogP contribution in [0.2, 0.25) is 0 Å². The Morgan fingerprint density at radius 1 is 0.939 bits per heavy atom. The number of halogens is 2. The number of rotatable bonds is 5. The molecule has 0 atom stereocenters. The summed E-state index contributed by atoms with van der Waals surface area (Å²) in [5.41, 5.74) is 1.79. The molecule has 4 rings (SSSR count). The molecule has 0 bridgehead atoms. The third-order valence-electron chi connectivity index (χ3n) is 5.70. The normalized spacial score (nSPS) is 15.4. The Kier molecular flexibility index (Phi) is 6.57. The van der Waals surface area contributed by atoms with Crippen LogP contribution in [0, 0.1) is 11.6 Å². The maximum absolute atomic E-state index is 13.3. The van der Waals surface area contributed by atoms with Gasteiger partial charge in [0.2, 0.25) is 10.0 Å². The fourth-order valence-electron chi connectivity index (χ4n) is 3.96. The number of nitrogens with zero attached hydrogens (tertiary/aromatic N) is 4. The Bertz CT molecular complexity index is 1240. The summed E-state index contributed by atoms with van der Waals surface area (Å²) in [6, 6.07) is 10.6. The molecule has 1 aliphatic heterocycles. The Morgan fingerprint density at radius 3 is 2.21 bits per heavy atom. The minimum absolute atomic E-state index is 0.0255. The molecule has 1 aliphatic rings. The van der Waals surface area contributed by atoms with Crippen LogP contribution in [0.25, 0.3) is 5.69 Å². The van der Waals surface area contributed by atoms with E-state index in [9.17, 15) is 22.0 Å². The zero-order valence-electron chi connectivity index (χ0n) is 18.1. The van der Waals surface area contributed by atoms with Gasteiger partial charge in [0.1, 0.15) is 11.6 Å². The van der Waals surface area contributed by atoms with E-state index in [-0.39, 0.29) is 36.3 Å². The molecule has 0 N–H and O–H groups in total. The molecular weight excluding hydrogens is 450 g/mol. The van der Waals surface area contributed by atoms with Gasteiger partial charge in [-0.25, -0.2) is 21.9 Å². The van der Waals surface area contributed by atoms with E-state index in [4.69, 9.17) is 0 Å². The molecule has 7 nitrogen and oxygen atoms in total. The lowest BCUT2D eigenvalue weighted by Crippen LogP contribution is -2.37. The minimum Gasteiger partial charge on any atom is -0.337 e. The van der Waals surface area contributed by atoms with E-state index in [1.165, 1.54) is 34.8 Å². The van der Waals surface area contributed by atoms with Crippen molar-refractivity contribution in [2.75, 3.05) is 26.2 Å². The van der Waals surface area contributed by atoms with Gasteiger partial charge in [-0.3, -0.25) is 4.79 Å². The van der Waals surface area contributed by atoms with Crippen molar-refractivity contribution in [1.82, 2.24) is 19.0 Å². The lowest BCUT2D eigenvalue weighted by atomic mass is 10.1. The standard InChI is InChI=1S/C23H24F2N4O3S/c1-2-22-21(16-26-29(22)19-8-4-17(24)5-9-19)23(30)27-12-3-13-28(15-14-27)33(31,32)20-10-6-18(25)7-11-20/h4-11,16H,2-3,12-15H2,1H3. The first kappa shape index (κ1) is 23.1. The SMILES string of the molecule is CCc1c(C(=O)N2CCCN(S(=O)(=O)c3ccc(F)cc3)CC2)cnn1-c1ccc(F)cc1. The average Bonchev–Trinajstić information content (AvgIpc) is 3.07. The van der Waals surface area contributed by atoms with Crippen molar-refractivity contribution in [2.24, 2.45) is 0 Å². The van der Waals surface area contributed by atoms with E-state index < -0.39 is 15.8 Å². The van der Waals surface area contributed by atoms with E-state index in [1.807, 2.05) is 6.92 Å². The zero-order valence-corrected chi connectivity index (χ0v) is 18.9. The molecule has 33 heavy (non-hydrogen) atoms. The van der Waals surface area contributed by atoms with Gasteiger partial charge in [-0.1, -0.05) is 6.92 Å². The molecule has 0 radical (unpaired) electrons. The van der Waals surface area contributed by atoms with Crippen LogP contribution in [0.15, 0.2) is 59.6 Å². The highest BCUT2D eigenvalue weighted by molar-refractivity contribution is 7.89. The third kappa shape index (κ3) is 4.67. The summed E-state index contributed by atoms with van der Waals surface area (Å²) in [6.07, 6.45) is 2.51. The molecule has 0 aliphatic carbocycles. The Labute approximate surface area is 191 Å². The van der Waals surface area contributed by atoms with Crippen molar-refractivity contribution in [3.8, 4) is 5.69 Å². The lowest BCUT2D eigenvalue weighted by Gasteiger charge is -2.22. The second-order valence-electron chi connectivity index (χ2n) is 7.75. The van der Waals surface area contributed by atoms with Gasteiger partial charge in [-0.15, -0.1) is 0 Å². The number of aromatic nitrogens is 2. The summed E-state index contributed by atoms with van der Waals surface area (Å²) in [7, 11) is -3.78. The molecule has 1 fully saturated rings. The van der Waals surface area contributed by atoms with E-state index in [2.05, 4.69) is 5.10 Å². The summed E-state index contributed by atoms with van der Waals surface area (Å²) < 4.78 is 55.3. The highest BCUT2D eigenvalue weighted by atomic mass is 32.2. The van der Waals surface area contributed by atoms with Crippen LogP contribution in [0.4, 0.5) is 8.78 Å². The summed E-state index contributed by atoms with van der Waals surface area (Å²) in [5.74, 6) is -1.08. The summed E-state index contributed by atoms with van der Waals surface area (Å²) in [5, 5.41) is 4.34. The second kappa shape index (κ2) is 9.40. The quantitative estimate of drug-likeness (QED) is 0.569. The van der Waals surface area contributed by atoms with Gasteiger partial charge in [0, 0.05) is 26.2 Å². The van der Waals surface area contributed by atoms with Crippen LogP contribution >= 0.6 is 0 Å². The smallest absolute Gasteiger partial charge is 0.257 e. The van der Waals surface area contributed by atoms with Crippen LogP contribution in [0.3, 0.4) is 0 Å². The topological polar surface area (TPSA) is 75.5 Å². The molecule has 174 valence electrons. The molecule has 2 aromatic carbocycles. The number of carbonyl (C=O) groups excluding carboxylic acids is 1. The van der Waals surface area contributed by atoms with E-state index in [1.54, 1.807) is 21.7 Å². The predicted molar refractivity (Wildman–Crippen MR) is 119 cm³/mol. The predicted octanol–water partition coefficient (Wildman–Crippen LogP) is 3.25. The average molecular weight is 475 g/mol. The van der Waals surface area contributed by atoms with Crippen LogP contribution in [-0.2, 0) is 16.4 Å². The van der Waals surface area contributed by atoms with E-state index in [0.29, 0.717) is 36.3 Å². The highest BCUT2D eigenvalue weighted by Crippen LogP contribution is 2.21. The van der Waals surface area contributed by atoms with Gasteiger partial charge in [0.25, 0.3) is 5.91 Å². The third-order valence-corrected chi connectivity index (χ3v) is 7.61. The molecule has 3 aromatic rings. The van der Waals surface area contributed by atoms with E-state index >= 15 is 0 Å². The summed E-state index contributed by atoms with van der Waals surface area (Å²) in [6.45, 7) is 2.94. The van der Waals surface area contributed by atoms with Crippen molar-refractivity contribution >= 4 is 15.9 Å². The van der Waals surface area contributed by atoms with Crippen molar-refractivity contribution < 1.29 is 22.0 Å². The van der Waals surface area contributed by atoms with Crippen molar-refractivity contribution in [3.63, 3.8) is 0 Å². The molecule has 0 unspecified atom stereocenters. The van der Waals surface area contributed by atoms with Crippen LogP contribution in [0.1, 0.15) is 29.4 Å². The van der Waals surface area contributed by atoms with Gasteiger partial charge in [-0.05, 0) is 61.4 Å². The summed E-state index contributed by atoms with van der Waals surface area (Å²) >= 11 is 0. The molecular formula is C23H24F2N4O3S. The Hall–Kier alpha value is -3.11. The van der Waals surface area contributed by atoms with Crippen LogP contribution in [0.5, 0.6) is 0 Å². The molecule has 2 heterocycles. The number of hydrogen-bond acceptors (Lipinski definition) is 4. The van der Waals surface area contributed by atoms with Gasteiger partial charge < -0.3 is 4.90 Å². The van der Waals surface area contributed by atoms with Crippen LogP contribution in [-0.4, -0.2) is 59.5 Å². The minimum atomic E-state index is -3.78. The second-order valence-corrected chi connectivity index (χ2v) is 9.69. The van der Waals surface area contributed by atoms with Gasteiger partial charge >= 0.3 is 0 Å². The van der Waals surface area contributed by atoms with E-state index in [0.717, 1.165) is 12.1 Å². The number of sulfonamides is 1. The number of amides is 1. The van der Waals surface area contributed by atoms with Crippen LogP contribution < -0.4 is 0 Å². The zero-order chi connectivity index (χ0) is 23.6. The van der Waals surface area contributed by atoms with Crippen molar-refractivity contribution in [1.29, 1.82) is 0 Å². The number of hydrogen-bond donors (Lipinski definition) is 0. The highest BCUT2D eigenvalue weighted by Gasteiger charge is 2.30. The molecule has 0 saturated carbocycles. The fourth-order valence-corrected chi connectivity index (χ4v) is 5.43. The molecule has 1 aromatic heterocycles. The molecule has 1 amide bonds.